The number of ether oxygens (including phenoxy) is 6. The maximum atomic E-state index is 15.5. The minimum absolute atomic E-state index is 0.0544. The molecule has 0 fully saturated rings. The molecule has 18 nitrogen and oxygen atoms in total. The Morgan fingerprint density at radius 1 is 0.469 bits per heavy atom. The van der Waals surface area contributed by atoms with Crippen molar-refractivity contribution in [1.82, 2.24) is 0 Å². The number of Topliss-reactive ketones (excluding diaryl/α,β-unsaturated/α-hetero) is 1. The molecule has 0 saturated heterocycles. The van der Waals surface area contributed by atoms with Crippen LogP contribution in [0.3, 0.4) is 0 Å². The van der Waals surface area contributed by atoms with E-state index >= 15 is 28.0 Å². The van der Waals surface area contributed by atoms with Crippen LogP contribution in [-0.2, 0) is 75.8 Å². The molecule has 0 spiro atoms. The third kappa shape index (κ3) is 10.8. The summed E-state index contributed by atoms with van der Waals surface area (Å²) < 4.78 is 97.6. The molecule has 2 aliphatic carbocycles. The normalized spacial score (nSPS) is 15.5. The van der Waals surface area contributed by atoms with Crippen molar-refractivity contribution in [3.8, 4) is 56.7 Å². The van der Waals surface area contributed by atoms with Gasteiger partial charge >= 0.3 is 35.1 Å². The molecule has 0 saturated carbocycles. The van der Waals surface area contributed by atoms with Gasteiger partial charge in [-0.3, -0.25) is 4.79 Å². The molecule has 1 atom stereocenters. The summed E-state index contributed by atoms with van der Waals surface area (Å²) in [5, 5.41) is 52.3. The van der Waals surface area contributed by atoms with Crippen LogP contribution in [0.1, 0.15) is 66.5 Å². The summed E-state index contributed by atoms with van der Waals surface area (Å²) in [6.45, 7) is -1.80. The predicted octanol–water partition coefficient (Wildman–Crippen LogP) is 13.2. The average molecular weight is 1320 g/mol. The summed E-state index contributed by atoms with van der Waals surface area (Å²) >= 11 is 1.40. The van der Waals surface area contributed by atoms with Gasteiger partial charge in [0.05, 0.1) is 5.71 Å². The number of carbonyl (C=O) groups excluding carboxylic acids is 5. The van der Waals surface area contributed by atoms with Crippen molar-refractivity contribution in [2.24, 2.45) is 9.98 Å². The van der Waals surface area contributed by atoms with E-state index in [2.05, 4.69) is 4.99 Å². The highest BCUT2D eigenvalue weighted by atomic mass is 32.1. The molecule has 2 aromatic heterocycles. The van der Waals surface area contributed by atoms with Gasteiger partial charge in [0.25, 0.3) is 0 Å². The van der Waals surface area contributed by atoms with Crippen LogP contribution in [0.2, 0.25) is 0 Å². The minimum atomic E-state index is -3.00. The number of esters is 4. The number of nitrogens with zero attached hydrogens (tertiary/aromatic N) is 6. The van der Waals surface area contributed by atoms with E-state index in [9.17, 15) is 39.7 Å². The Kier molecular flexibility index (Phi) is 16.4. The van der Waals surface area contributed by atoms with Crippen molar-refractivity contribution in [1.29, 1.82) is 21.0 Å². The fourth-order valence-electron chi connectivity index (χ4n) is 11.4. The number of hydrogen-bond acceptors (Lipinski definition) is 20. The van der Waals surface area contributed by atoms with E-state index in [0.717, 1.165) is 17.4 Å². The van der Waals surface area contributed by atoms with Crippen molar-refractivity contribution >= 4 is 84.9 Å². The van der Waals surface area contributed by atoms with Crippen LogP contribution in [0, 0.1) is 68.6 Å². The van der Waals surface area contributed by atoms with Crippen LogP contribution in [0.4, 0.5) is 27.6 Å². The molecule has 0 radical (unpaired) electrons. The van der Waals surface area contributed by atoms with E-state index in [1.807, 2.05) is 0 Å². The van der Waals surface area contributed by atoms with Gasteiger partial charge in [0.1, 0.15) is 95.2 Å². The highest BCUT2D eigenvalue weighted by molar-refractivity contribution is 7.20. The molecule has 9 aromatic rings. The first-order chi connectivity index (χ1) is 46.5. The molecule has 4 aliphatic rings. The zero-order valence-electron chi connectivity index (χ0n) is 49.0. The van der Waals surface area contributed by atoms with Gasteiger partial charge < -0.3 is 33.5 Å². The number of nitriles is 4. The minimum Gasteiger partial charge on any atom is -0.459 e. The molecule has 96 heavy (non-hydrogen) atoms. The first kappa shape index (κ1) is 62.4. The lowest BCUT2D eigenvalue weighted by Gasteiger charge is -2.37. The smallest absolute Gasteiger partial charge is 0.367 e. The average Bonchev–Trinajstić information content (AvgIpc) is 1.50. The summed E-state index contributed by atoms with van der Waals surface area (Å²) in [5.74, 6) is -12.7. The first-order valence-electron chi connectivity index (χ1n) is 28.7. The molecule has 1 N–H and O–H groups in total. The number of fused-ring (bicyclic) bond motifs is 8. The third-order valence-corrected chi connectivity index (χ3v) is 18.0. The fourth-order valence-corrected chi connectivity index (χ4v) is 13.6. The van der Waals surface area contributed by atoms with E-state index in [-0.39, 0.29) is 75.8 Å². The van der Waals surface area contributed by atoms with E-state index in [1.165, 1.54) is 18.2 Å². The molecule has 13 rings (SSSR count). The maximum absolute atomic E-state index is 15.5. The molecular weight excluding hydrogens is 1280 g/mol. The van der Waals surface area contributed by atoms with Crippen molar-refractivity contribution in [3.05, 3.63) is 260 Å². The summed E-state index contributed by atoms with van der Waals surface area (Å²) in [4.78, 5) is 85.6. The van der Waals surface area contributed by atoms with E-state index in [4.69, 9.17) is 33.4 Å². The fraction of sp³-hybridized carbons (Fsp3) is 0.0972. The Hall–Kier alpha value is -12.5. The molecule has 468 valence electrons. The van der Waals surface area contributed by atoms with Gasteiger partial charge in [-0.25, -0.2) is 46.7 Å². The molecule has 7 aromatic carbocycles. The van der Waals surface area contributed by atoms with Gasteiger partial charge in [-0.1, -0.05) is 121 Å². The number of allylic oxidation sites excluding steroid dienone is 3. The van der Waals surface area contributed by atoms with Crippen LogP contribution >= 0.6 is 22.7 Å². The van der Waals surface area contributed by atoms with Gasteiger partial charge in [0.2, 0.25) is 5.78 Å². The quantitative estimate of drug-likeness (QED) is 0.0348. The highest BCUT2D eigenvalue weighted by Crippen LogP contribution is 2.60. The number of aliphatic hydroxyl groups is 1. The van der Waals surface area contributed by atoms with Crippen molar-refractivity contribution < 1.29 is 75.1 Å². The van der Waals surface area contributed by atoms with E-state index < -0.39 is 130 Å². The second-order valence-electron chi connectivity index (χ2n) is 21.6. The Balaban J connectivity index is 1.06. The number of ketones is 1. The van der Waals surface area contributed by atoms with Crippen LogP contribution < -0.4 is 9.47 Å². The van der Waals surface area contributed by atoms with Crippen LogP contribution in [0.5, 0.6) is 11.5 Å². The molecule has 0 bridgehead atoms. The predicted molar refractivity (Wildman–Crippen MR) is 335 cm³/mol. The van der Waals surface area contributed by atoms with E-state index in [1.54, 1.807) is 146 Å². The lowest BCUT2D eigenvalue weighted by Crippen LogP contribution is -2.52. The SMILES string of the molecule is N#CC(C#N)=C1/C(=N/c2cc3c(s2)-c2cc4c(cc2OC3(C(=O)OCc2ccccc2)C(=O)OCc2ccccc2)-c2sc(/N=C3/C(=C(C#N)C#N)c5cc(F)c(F)cc5C3O)cc2C(C(=O)OCc2ccccc2)(C(=O)OCc2ccccc2)O4)C(=O)c2cc(F)c(F)cc21. The second-order valence-corrected chi connectivity index (χ2v) is 23.7. The van der Waals surface area contributed by atoms with Gasteiger partial charge in [0, 0.05) is 54.3 Å². The van der Waals surface area contributed by atoms with Crippen LogP contribution in [-0.4, -0.2) is 46.2 Å². The summed E-state index contributed by atoms with van der Waals surface area (Å²) in [7, 11) is 0. The summed E-state index contributed by atoms with van der Waals surface area (Å²) in [6.07, 6.45) is -1.91. The number of benzene rings is 7. The number of rotatable bonds is 14. The van der Waals surface area contributed by atoms with Gasteiger partial charge in [-0.15, -0.1) is 22.7 Å². The molecular formula is C72H38F4N6O12S2. The number of halogens is 4. The Bertz CT molecular complexity index is 5000. The number of aliphatic hydroxyl groups excluding tert-OH is 1. The second kappa shape index (κ2) is 25.2. The standard InChI is InChI=1S/C72H38F4N6O12S2/c73-51-21-43-45(23-53(51)75)63(83)61(59(43)41(29-77)30-78)81-57-27-49-65(95-57)47-26-56-48(25-55(47)93-71(49,67(85)89-33-37-13-5-1-6-14-37)68(86)90-34-38-15-7-2-8-16-38)66-50(28-58(96-66)82-62-60(42(31-79)32-80)44-22-52(74)54(76)24-46(44)64(62)84)72(94-56,69(87)91-35-39-17-9-3-10-18-39)70(88)92-36-40-19-11-4-12-20-40/h1-28,63,83H,33-36H2/b81-61-,82-62-. The number of aliphatic imine (C=N–C) groups is 2. The molecule has 2 aliphatic heterocycles. The van der Waals surface area contributed by atoms with Gasteiger partial charge in [0.15, 0.2) is 23.3 Å². The lowest BCUT2D eigenvalue weighted by molar-refractivity contribution is -0.185. The zero-order chi connectivity index (χ0) is 67.2. The largest absolute Gasteiger partial charge is 0.459 e. The molecule has 0 amide bonds. The molecule has 1 unspecified atom stereocenters. The number of thiophene rings is 2. The highest BCUT2D eigenvalue weighted by Gasteiger charge is 2.61. The van der Waals surface area contributed by atoms with Crippen molar-refractivity contribution in [3.63, 3.8) is 0 Å². The van der Waals surface area contributed by atoms with Crippen molar-refractivity contribution in [2.75, 3.05) is 0 Å². The van der Waals surface area contributed by atoms with Crippen LogP contribution in [0.15, 0.2) is 191 Å². The first-order valence-corrected chi connectivity index (χ1v) is 30.3. The Morgan fingerprint density at radius 2 is 0.823 bits per heavy atom. The zero-order valence-corrected chi connectivity index (χ0v) is 50.7. The molecule has 4 heterocycles. The topological polar surface area (TPSA) is 281 Å². The summed E-state index contributed by atoms with van der Waals surface area (Å²) in [5.41, 5.74) is -9.56. The van der Waals surface area contributed by atoms with Crippen molar-refractivity contribution in [2.45, 2.75) is 43.7 Å². The Morgan fingerprint density at radius 3 is 1.22 bits per heavy atom. The lowest BCUT2D eigenvalue weighted by atomic mass is 9.85. The monoisotopic (exact) mass is 1320 g/mol. The number of hydrogen-bond donors (Lipinski definition) is 1. The third-order valence-electron chi connectivity index (χ3n) is 15.9. The van der Waals surface area contributed by atoms with Gasteiger partial charge in [-0.05, 0) is 81.9 Å². The summed E-state index contributed by atoms with van der Waals surface area (Å²) in [6, 6.07) is 47.7. The van der Waals surface area contributed by atoms with Crippen LogP contribution in [0.25, 0.3) is 32.0 Å². The molecule has 24 heteroatoms. The van der Waals surface area contributed by atoms with Gasteiger partial charge in [-0.2, -0.15) is 21.0 Å². The Labute approximate surface area is 548 Å². The maximum Gasteiger partial charge on any atom is 0.367 e. The number of carbonyl (C=O) groups is 5. The van der Waals surface area contributed by atoms with E-state index in [0.29, 0.717) is 57.9 Å².